The van der Waals surface area contributed by atoms with E-state index in [0.29, 0.717) is 6.04 Å². The number of carbonyl (C=O) groups excluding carboxylic acids is 1. The molecule has 2 N–H and O–H groups in total. The number of nitrogens with zero attached hydrogens (tertiary/aromatic N) is 1. The van der Waals surface area contributed by atoms with Gasteiger partial charge in [-0.15, -0.1) is 0 Å². The molecule has 1 aliphatic rings. The minimum absolute atomic E-state index is 0.160. The van der Waals surface area contributed by atoms with Crippen LogP contribution in [0.5, 0.6) is 0 Å². The normalized spacial score (nSPS) is 19.5. The van der Waals surface area contributed by atoms with Gasteiger partial charge in [0.1, 0.15) is 6.04 Å². The van der Waals surface area contributed by atoms with Gasteiger partial charge in [-0.2, -0.15) is 0 Å². The van der Waals surface area contributed by atoms with Crippen molar-refractivity contribution in [3.63, 3.8) is 0 Å². The van der Waals surface area contributed by atoms with Crippen LogP contribution in [-0.4, -0.2) is 46.6 Å². The number of aliphatic carboxylic acids is 1. The lowest BCUT2D eigenvalue weighted by atomic mass is 9.90. The molecule has 5 nitrogen and oxygen atoms in total. The van der Waals surface area contributed by atoms with Crippen molar-refractivity contribution in [2.45, 2.75) is 77.9 Å². The Labute approximate surface area is 128 Å². The summed E-state index contributed by atoms with van der Waals surface area (Å²) in [6.45, 7) is 8.47. The molecule has 1 saturated carbocycles. The minimum atomic E-state index is -0.994. The van der Waals surface area contributed by atoms with Crippen LogP contribution in [0.2, 0.25) is 0 Å². The lowest BCUT2D eigenvalue weighted by molar-refractivity contribution is -0.142. The van der Waals surface area contributed by atoms with Gasteiger partial charge in [0, 0.05) is 6.04 Å². The van der Waals surface area contributed by atoms with E-state index < -0.39 is 12.0 Å². The average molecular weight is 298 g/mol. The van der Waals surface area contributed by atoms with Gasteiger partial charge >= 0.3 is 5.97 Å². The second-order valence-electron chi connectivity index (χ2n) is 6.38. The zero-order chi connectivity index (χ0) is 16.0. The molecule has 2 unspecified atom stereocenters. The zero-order valence-corrected chi connectivity index (χ0v) is 13.8. The first-order chi connectivity index (χ1) is 9.88. The second kappa shape index (κ2) is 8.37. The van der Waals surface area contributed by atoms with Crippen LogP contribution < -0.4 is 5.32 Å². The molecule has 0 aromatic rings. The molecule has 1 rings (SSSR count). The number of rotatable bonds is 7. The van der Waals surface area contributed by atoms with Crippen LogP contribution in [0.3, 0.4) is 0 Å². The molecule has 2 atom stereocenters. The largest absolute Gasteiger partial charge is 0.480 e. The molecule has 1 aliphatic carbocycles. The summed E-state index contributed by atoms with van der Waals surface area (Å²) in [6.07, 6.45) is 6.00. The minimum Gasteiger partial charge on any atom is -0.480 e. The lowest BCUT2D eigenvalue weighted by Crippen LogP contribution is -2.56. The summed E-state index contributed by atoms with van der Waals surface area (Å²) < 4.78 is 0. The van der Waals surface area contributed by atoms with E-state index in [1.54, 1.807) is 0 Å². The Morgan fingerprint density at radius 3 is 2.19 bits per heavy atom. The van der Waals surface area contributed by atoms with Gasteiger partial charge in [0.05, 0.1) is 6.04 Å². The number of carboxylic acids is 1. The van der Waals surface area contributed by atoms with Crippen molar-refractivity contribution in [2.24, 2.45) is 5.92 Å². The van der Waals surface area contributed by atoms with Gasteiger partial charge in [0.2, 0.25) is 5.91 Å². The average Bonchev–Trinajstić information content (AvgIpc) is 2.44. The van der Waals surface area contributed by atoms with Crippen molar-refractivity contribution in [3.8, 4) is 0 Å². The van der Waals surface area contributed by atoms with Crippen LogP contribution in [0.4, 0.5) is 0 Å². The number of carbonyl (C=O) groups is 2. The van der Waals surface area contributed by atoms with Crippen molar-refractivity contribution in [1.29, 1.82) is 0 Å². The molecule has 1 fully saturated rings. The lowest BCUT2D eigenvalue weighted by Gasteiger charge is -2.40. The summed E-state index contributed by atoms with van der Waals surface area (Å²) in [4.78, 5) is 25.7. The van der Waals surface area contributed by atoms with Crippen molar-refractivity contribution >= 4 is 11.9 Å². The molecule has 0 heterocycles. The van der Waals surface area contributed by atoms with E-state index in [1.165, 1.54) is 26.2 Å². The van der Waals surface area contributed by atoms with Gasteiger partial charge in [-0.3, -0.25) is 14.5 Å². The first-order valence-electron chi connectivity index (χ1n) is 8.17. The van der Waals surface area contributed by atoms with E-state index in [4.69, 9.17) is 5.11 Å². The number of carboxylic acid groups (broad SMARTS) is 1. The van der Waals surface area contributed by atoms with Gasteiger partial charge in [-0.1, -0.05) is 40.0 Å². The number of hydrogen-bond acceptors (Lipinski definition) is 3. The predicted octanol–water partition coefficient (Wildman–Crippen LogP) is 2.25. The van der Waals surface area contributed by atoms with Crippen LogP contribution in [0, 0.1) is 5.92 Å². The number of amides is 1. The van der Waals surface area contributed by atoms with Gasteiger partial charge in [0.15, 0.2) is 0 Å². The molecule has 0 aliphatic heterocycles. The summed E-state index contributed by atoms with van der Waals surface area (Å²) in [5.41, 5.74) is 0. The topological polar surface area (TPSA) is 69.6 Å². The maximum atomic E-state index is 12.5. The molecule has 0 bridgehead atoms. The highest BCUT2D eigenvalue weighted by Gasteiger charge is 2.34. The van der Waals surface area contributed by atoms with Crippen molar-refractivity contribution in [3.05, 3.63) is 0 Å². The fraction of sp³-hybridized carbons (Fsp3) is 0.875. The molecular weight excluding hydrogens is 268 g/mol. The number of nitrogens with one attached hydrogen (secondary N) is 1. The third kappa shape index (κ3) is 4.99. The van der Waals surface area contributed by atoms with Crippen molar-refractivity contribution in [2.75, 3.05) is 6.54 Å². The Hall–Kier alpha value is -1.10. The maximum Gasteiger partial charge on any atom is 0.325 e. The molecule has 1 amide bonds. The third-order valence-corrected chi connectivity index (χ3v) is 4.40. The molecule has 0 saturated heterocycles. The molecule has 0 aromatic carbocycles. The van der Waals surface area contributed by atoms with Crippen molar-refractivity contribution in [1.82, 2.24) is 10.2 Å². The van der Waals surface area contributed by atoms with E-state index in [2.05, 4.69) is 17.1 Å². The molecule has 0 aromatic heterocycles. The van der Waals surface area contributed by atoms with Crippen LogP contribution in [0.15, 0.2) is 0 Å². The standard InChI is InChI=1S/C16H30N2O3/c1-5-18(13-9-7-6-8-10-13)14(11(2)3)15(19)17-12(4)16(20)21/h11-14H,5-10H2,1-4H3,(H,17,19)(H,20,21). The highest BCUT2D eigenvalue weighted by molar-refractivity contribution is 5.86. The highest BCUT2D eigenvalue weighted by atomic mass is 16.4. The number of hydrogen-bond donors (Lipinski definition) is 2. The van der Waals surface area contributed by atoms with Gasteiger partial charge in [-0.05, 0) is 32.2 Å². The van der Waals surface area contributed by atoms with E-state index in [1.807, 2.05) is 13.8 Å². The maximum absolute atomic E-state index is 12.5. The van der Waals surface area contributed by atoms with Gasteiger partial charge in [-0.25, -0.2) is 0 Å². The quantitative estimate of drug-likeness (QED) is 0.756. The molecular formula is C16H30N2O3. The van der Waals surface area contributed by atoms with E-state index in [0.717, 1.165) is 19.4 Å². The zero-order valence-electron chi connectivity index (χ0n) is 13.8. The van der Waals surface area contributed by atoms with E-state index in [-0.39, 0.29) is 17.9 Å². The second-order valence-corrected chi connectivity index (χ2v) is 6.38. The smallest absolute Gasteiger partial charge is 0.325 e. The van der Waals surface area contributed by atoms with Crippen LogP contribution in [0.25, 0.3) is 0 Å². The summed E-state index contributed by atoms with van der Waals surface area (Å²) in [7, 11) is 0. The Balaban J connectivity index is 2.81. The Morgan fingerprint density at radius 1 is 1.19 bits per heavy atom. The first-order valence-corrected chi connectivity index (χ1v) is 8.17. The van der Waals surface area contributed by atoms with Crippen LogP contribution in [0.1, 0.15) is 59.8 Å². The summed E-state index contributed by atoms with van der Waals surface area (Å²) >= 11 is 0. The highest BCUT2D eigenvalue weighted by Crippen LogP contribution is 2.26. The Morgan fingerprint density at radius 2 is 1.76 bits per heavy atom. The summed E-state index contributed by atoms with van der Waals surface area (Å²) in [5.74, 6) is -0.994. The fourth-order valence-corrected chi connectivity index (χ4v) is 3.29. The molecule has 0 radical (unpaired) electrons. The molecule has 21 heavy (non-hydrogen) atoms. The predicted molar refractivity (Wildman–Crippen MR) is 83.1 cm³/mol. The fourth-order valence-electron chi connectivity index (χ4n) is 3.29. The van der Waals surface area contributed by atoms with Crippen molar-refractivity contribution < 1.29 is 14.7 Å². The molecule has 122 valence electrons. The SMILES string of the molecule is CCN(C1CCCCC1)C(C(=O)NC(C)C(=O)O)C(C)C. The monoisotopic (exact) mass is 298 g/mol. The first kappa shape index (κ1) is 18.0. The summed E-state index contributed by atoms with van der Waals surface area (Å²) in [6, 6.07) is -0.647. The van der Waals surface area contributed by atoms with Crippen LogP contribution in [-0.2, 0) is 9.59 Å². The Kier molecular flexibility index (Phi) is 7.15. The summed E-state index contributed by atoms with van der Waals surface area (Å²) in [5, 5.41) is 11.6. The van der Waals surface area contributed by atoms with Crippen LogP contribution >= 0.6 is 0 Å². The molecule has 5 heteroatoms. The Bertz CT molecular complexity index is 351. The van der Waals surface area contributed by atoms with E-state index in [9.17, 15) is 9.59 Å². The molecule has 0 spiro atoms. The van der Waals surface area contributed by atoms with Gasteiger partial charge in [0.25, 0.3) is 0 Å². The third-order valence-electron chi connectivity index (χ3n) is 4.40. The number of likely N-dealkylation sites (N-methyl/N-ethyl adjacent to an activating group) is 1. The van der Waals surface area contributed by atoms with Gasteiger partial charge < -0.3 is 10.4 Å². The van der Waals surface area contributed by atoms with E-state index >= 15 is 0 Å².